The van der Waals surface area contributed by atoms with Crippen molar-refractivity contribution in [3.8, 4) is 11.5 Å². The predicted octanol–water partition coefficient (Wildman–Crippen LogP) is 7.75. The zero-order valence-electron chi connectivity index (χ0n) is 28.4. The van der Waals surface area contributed by atoms with E-state index in [2.05, 4.69) is 12.2 Å². The van der Waals surface area contributed by atoms with Gasteiger partial charge in [0.1, 0.15) is 24.2 Å². The van der Waals surface area contributed by atoms with Crippen molar-refractivity contribution in [1.82, 2.24) is 0 Å². The summed E-state index contributed by atoms with van der Waals surface area (Å²) in [5, 5.41) is 11.8. The third kappa shape index (κ3) is 12.8. The molecule has 7 atom stereocenters. The number of unbranched alkanes of at least 4 members (excludes halogenated alkanes) is 1. The molecule has 1 N–H and O–H groups in total. The molecule has 1 saturated carbocycles. The summed E-state index contributed by atoms with van der Waals surface area (Å²) < 4.78 is 42.7. The summed E-state index contributed by atoms with van der Waals surface area (Å²) in [4.78, 5) is 13.5. The van der Waals surface area contributed by atoms with Gasteiger partial charge >= 0.3 is 5.97 Å². The quantitative estimate of drug-likeness (QED) is 0.0541. The van der Waals surface area contributed by atoms with Gasteiger partial charge in [0.05, 0.1) is 24.9 Å². The van der Waals surface area contributed by atoms with E-state index in [1.54, 1.807) is 23.9 Å². The van der Waals surface area contributed by atoms with Gasteiger partial charge in [0.15, 0.2) is 12.6 Å². The second kappa shape index (κ2) is 20.6. The van der Waals surface area contributed by atoms with Crippen LogP contribution in [0.2, 0.25) is 5.02 Å². The van der Waals surface area contributed by atoms with Crippen molar-refractivity contribution in [2.24, 2.45) is 5.92 Å². The van der Waals surface area contributed by atoms with Gasteiger partial charge in [0, 0.05) is 41.9 Å². The Bertz CT molecular complexity index is 1280. The van der Waals surface area contributed by atoms with Gasteiger partial charge in [-0.2, -0.15) is 0 Å². The molecule has 2 aromatic carbocycles. The minimum atomic E-state index is -0.598. The van der Waals surface area contributed by atoms with Crippen molar-refractivity contribution in [2.45, 2.75) is 113 Å². The first-order valence-electron chi connectivity index (χ1n) is 17.7. The number of aliphatic hydroxyl groups is 1. The number of aliphatic hydroxyl groups excluding tert-OH is 1. The summed E-state index contributed by atoms with van der Waals surface area (Å²) in [6.07, 6.45) is 12.4. The Morgan fingerprint density at radius 2 is 1.78 bits per heavy atom. The lowest BCUT2D eigenvalue weighted by atomic mass is 9.98. The fourth-order valence-corrected chi connectivity index (χ4v) is 6.98. The first-order valence-corrected chi connectivity index (χ1v) is 19.3. The van der Waals surface area contributed by atoms with Crippen LogP contribution in [0.4, 0.5) is 0 Å². The molecule has 9 nitrogen and oxygen atoms in total. The second-order valence-electron chi connectivity index (χ2n) is 12.8. The highest BCUT2D eigenvalue weighted by atomic mass is 35.5. The van der Waals surface area contributed by atoms with Crippen LogP contribution in [0.1, 0.15) is 70.6 Å². The number of carbonyl (C=O) groups is 1. The van der Waals surface area contributed by atoms with E-state index in [1.807, 2.05) is 42.7 Å². The first-order chi connectivity index (χ1) is 24.0. The number of rotatable bonds is 18. The number of esters is 1. The molecular weight excluding hydrogens is 668 g/mol. The normalized spacial score (nSPS) is 26.5. The number of thioether (sulfide) groups is 1. The highest BCUT2D eigenvalue weighted by Gasteiger charge is 2.45. The molecular formula is C38H51ClO9S. The fraction of sp³-hybridized carbons (Fsp3) is 0.605. The maximum Gasteiger partial charge on any atom is 0.311 e. The summed E-state index contributed by atoms with van der Waals surface area (Å²) in [6, 6.07) is 14.8. The third-order valence-corrected chi connectivity index (χ3v) is 10.0. The lowest BCUT2D eigenvalue weighted by Crippen LogP contribution is -2.40. The van der Waals surface area contributed by atoms with Gasteiger partial charge in [-0.15, -0.1) is 11.8 Å². The Morgan fingerprint density at radius 1 is 1.00 bits per heavy atom. The first kappa shape index (κ1) is 38.1. The van der Waals surface area contributed by atoms with Crippen LogP contribution in [-0.4, -0.2) is 80.8 Å². The third-order valence-electron chi connectivity index (χ3n) is 9.03. The van der Waals surface area contributed by atoms with E-state index in [1.165, 1.54) is 0 Å². The van der Waals surface area contributed by atoms with Gasteiger partial charge in [-0.25, -0.2) is 0 Å². The van der Waals surface area contributed by atoms with Crippen LogP contribution in [0.5, 0.6) is 11.5 Å². The van der Waals surface area contributed by atoms with E-state index in [0.29, 0.717) is 55.4 Å². The van der Waals surface area contributed by atoms with E-state index in [-0.39, 0.29) is 49.9 Å². The number of allylic oxidation sites excluding steroid dienone is 2. The molecule has 0 amide bonds. The summed E-state index contributed by atoms with van der Waals surface area (Å²) in [5.74, 6) is 0.785. The average Bonchev–Trinajstić information content (AvgIpc) is 3.41. The molecule has 3 fully saturated rings. The molecule has 0 radical (unpaired) electrons. The molecule has 2 aliphatic heterocycles. The molecule has 1 aliphatic carbocycles. The number of ether oxygens (including phenoxy) is 7. The van der Waals surface area contributed by atoms with Gasteiger partial charge in [-0.05, 0) is 107 Å². The molecule has 3 unspecified atom stereocenters. The Kier molecular flexibility index (Phi) is 16.0. The van der Waals surface area contributed by atoms with Crippen molar-refractivity contribution >= 4 is 29.3 Å². The lowest BCUT2D eigenvalue weighted by molar-refractivity contribution is -0.226. The van der Waals surface area contributed by atoms with Gasteiger partial charge in [0.25, 0.3) is 0 Å². The van der Waals surface area contributed by atoms with Crippen LogP contribution in [0.25, 0.3) is 0 Å². The standard InChI is InChI=1S/C38H51ClO9S/c1-49-31-19-17-28(18-20-31)46-35(41)14-5-3-2-4-13-32-33(40)24-34(48-37-16-7-9-22-43-37)38(32)45-26-30(47-36-15-6-8-21-42-36)25-44-29-12-10-11-27(39)23-29/h2,4,10-12,17-20,23,30,32-34,36-38,40H,3,5-9,13-16,21-22,24-26H2,1H3/b4-2-/t30?,32-,33-,34+,36?,37?,38+/m0/s1. The number of hydrogen-bond acceptors (Lipinski definition) is 10. The highest BCUT2D eigenvalue weighted by molar-refractivity contribution is 7.98. The van der Waals surface area contributed by atoms with Crippen molar-refractivity contribution in [3.05, 3.63) is 65.7 Å². The zero-order chi connectivity index (χ0) is 34.3. The number of carbonyl (C=O) groups excluding carboxylic acids is 1. The lowest BCUT2D eigenvalue weighted by Gasteiger charge is -2.32. The molecule has 2 saturated heterocycles. The molecule has 11 heteroatoms. The van der Waals surface area contributed by atoms with Crippen molar-refractivity contribution < 1.29 is 43.1 Å². The van der Waals surface area contributed by atoms with Crippen LogP contribution in [0, 0.1) is 5.92 Å². The monoisotopic (exact) mass is 718 g/mol. The van der Waals surface area contributed by atoms with Crippen LogP contribution in [0.15, 0.2) is 65.6 Å². The van der Waals surface area contributed by atoms with Gasteiger partial charge < -0.3 is 38.3 Å². The van der Waals surface area contributed by atoms with Crippen molar-refractivity contribution in [1.29, 1.82) is 0 Å². The minimum absolute atomic E-state index is 0.181. The SMILES string of the molecule is CSc1ccc(OC(=O)CCC/C=C\C[C@@H]2[C@@H](OCC(COc3cccc(Cl)c3)OC3CCCCO3)[C@H](OC3CCCCO3)C[C@@H]2O)cc1. The smallest absolute Gasteiger partial charge is 0.311 e. The summed E-state index contributed by atoms with van der Waals surface area (Å²) in [7, 11) is 0. The van der Waals surface area contributed by atoms with E-state index in [9.17, 15) is 9.90 Å². The molecule has 2 aromatic rings. The maximum atomic E-state index is 12.3. The average molecular weight is 719 g/mol. The van der Waals surface area contributed by atoms with Crippen LogP contribution in [0.3, 0.4) is 0 Å². The van der Waals surface area contributed by atoms with E-state index in [0.717, 1.165) is 49.8 Å². The van der Waals surface area contributed by atoms with Gasteiger partial charge in [-0.1, -0.05) is 29.8 Å². The largest absolute Gasteiger partial charge is 0.491 e. The topological polar surface area (TPSA) is 102 Å². The Hall–Kier alpha value is -2.15. The second-order valence-corrected chi connectivity index (χ2v) is 14.1. The Morgan fingerprint density at radius 3 is 2.49 bits per heavy atom. The highest BCUT2D eigenvalue weighted by Crippen LogP contribution is 2.36. The van der Waals surface area contributed by atoms with Gasteiger partial charge in [-0.3, -0.25) is 4.79 Å². The molecule has 0 spiro atoms. The van der Waals surface area contributed by atoms with Crippen LogP contribution >= 0.6 is 23.4 Å². The van der Waals surface area contributed by atoms with Crippen LogP contribution < -0.4 is 9.47 Å². The molecule has 0 bridgehead atoms. The van der Waals surface area contributed by atoms with Crippen molar-refractivity contribution in [3.63, 3.8) is 0 Å². The molecule has 5 rings (SSSR count). The fourth-order valence-electron chi connectivity index (χ4n) is 6.40. The Balaban J connectivity index is 1.16. The van der Waals surface area contributed by atoms with E-state index >= 15 is 0 Å². The summed E-state index contributed by atoms with van der Waals surface area (Å²) >= 11 is 7.82. The van der Waals surface area contributed by atoms with Gasteiger partial charge in [0.2, 0.25) is 0 Å². The van der Waals surface area contributed by atoms with E-state index < -0.39 is 12.2 Å². The molecule has 49 heavy (non-hydrogen) atoms. The molecule has 0 aromatic heterocycles. The number of benzene rings is 2. The maximum absolute atomic E-state index is 12.3. The van der Waals surface area contributed by atoms with Crippen LogP contribution in [-0.2, 0) is 28.5 Å². The predicted molar refractivity (Wildman–Crippen MR) is 189 cm³/mol. The Labute approximate surface area is 299 Å². The van der Waals surface area contributed by atoms with Crippen molar-refractivity contribution in [2.75, 3.05) is 32.7 Å². The summed E-state index contributed by atoms with van der Waals surface area (Å²) in [5.41, 5.74) is 0. The number of halogens is 1. The number of hydrogen-bond donors (Lipinski definition) is 1. The molecule has 2 heterocycles. The minimum Gasteiger partial charge on any atom is -0.491 e. The molecule has 270 valence electrons. The summed E-state index contributed by atoms with van der Waals surface area (Å²) in [6.45, 7) is 1.84. The zero-order valence-corrected chi connectivity index (χ0v) is 30.0. The molecule has 3 aliphatic rings. The van der Waals surface area contributed by atoms with E-state index in [4.69, 9.17) is 44.8 Å².